The third-order valence-electron chi connectivity index (χ3n) is 3.60. The number of anilines is 1. The molecule has 122 valence electrons. The van der Waals surface area contributed by atoms with E-state index in [4.69, 9.17) is 4.74 Å². The zero-order chi connectivity index (χ0) is 16.1. The average molecular weight is 325 g/mol. The number of carbonyl (C=O) groups excluding carboxylic acids is 2. The minimum Gasteiger partial charge on any atom is -0.462 e. The van der Waals surface area contributed by atoms with E-state index >= 15 is 0 Å². The number of urea groups is 1. The number of unbranched alkanes of at least 4 members (excludes halogenated alkanes) is 2. The Morgan fingerprint density at radius 1 is 1.32 bits per heavy atom. The molecular formula is C15H23N3O3S. The number of carbonyl (C=O) groups is 2. The summed E-state index contributed by atoms with van der Waals surface area (Å²) in [6.45, 7) is 8.15. The van der Waals surface area contributed by atoms with Crippen LogP contribution in [-0.2, 0) is 4.74 Å². The SMILES string of the molecule is CCCCCN1CCN(c2nc(C)c(C(=O)OCC)s2)C1=O. The summed E-state index contributed by atoms with van der Waals surface area (Å²) in [5, 5.41) is 0.587. The summed E-state index contributed by atoms with van der Waals surface area (Å²) >= 11 is 1.23. The molecule has 0 N–H and O–H groups in total. The first-order valence-corrected chi connectivity index (χ1v) is 8.61. The van der Waals surface area contributed by atoms with Crippen LogP contribution in [0.25, 0.3) is 0 Å². The smallest absolute Gasteiger partial charge is 0.350 e. The second-order valence-corrected chi connectivity index (χ2v) is 6.24. The lowest BCUT2D eigenvalue weighted by molar-refractivity contribution is 0.0531. The Morgan fingerprint density at radius 3 is 2.77 bits per heavy atom. The summed E-state index contributed by atoms with van der Waals surface area (Å²) in [6.07, 6.45) is 3.30. The summed E-state index contributed by atoms with van der Waals surface area (Å²) in [6, 6.07) is -0.0136. The number of ether oxygens (including phenoxy) is 1. The van der Waals surface area contributed by atoms with Gasteiger partial charge in [-0.2, -0.15) is 0 Å². The van der Waals surface area contributed by atoms with Crippen molar-refractivity contribution >= 4 is 28.5 Å². The van der Waals surface area contributed by atoms with Crippen LogP contribution in [-0.4, -0.2) is 48.1 Å². The molecule has 0 unspecified atom stereocenters. The molecule has 6 nitrogen and oxygen atoms in total. The quantitative estimate of drug-likeness (QED) is 0.571. The van der Waals surface area contributed by atoms with E-state index < -0.39 is 0 Å². The predicted molar refractivity (Wildman–Crippen MR) is 86.6 cm³/mol. The van der Waals surface area contributed by atoms with Crippen LogP contribution in [0.5, 0.6) is 0 Å². The molecule has 0 spiro atoms. The Balaban J connectivity index is 2.05. The number of thiazole rings is 1. The molecule has 0 atom stereocenters. The van der Waals surface area contributed by atoms with Crippen molar-refractivity contribution in [2.75, 3.05) is 31.1 Å². The lowest BCUT2D eigenvalue weighted by Gasteiger charge is -2.16. The topological polar surface area (TPSA) is 62.7 Å². The lowest BCUT2D eigenvalue weighted by atomic mass is 10.2. The Morgan fingerprint density at radius 2 is 2.09 bits per heavy atom. The maximum absolute atomic E-state index is 12.4. The highest BCUT2D eigenvalue weighted by molar-refractivity contribution is 7.17. The molecular weight excluding hydrogens is 302 g/mol. The summed E-state index contributed by atoms with van der Waals surface area (Å²) in [4.78, 5) is 32.6. The van der Waals surface area contributed by atoms with E-state index in [1.807, 2.05) is 4.90 Å². The van der Waals surface area contributed by atoms with Crippen LogP contribution in [0.3, 0.4) is 0 Å². The first kappa shape index (κ1) is 16.7. The zero-order valence-corrected chi connectivity index (χ0v) is 14.2. The molecule has 0 aliphatic carbocycles. The second-order valence-electron chi connectivity index (χ2n) is 5.26. The van der Waals surface area contributed by atoms with Crippen molar-refractivity contribution in [1.82, 2.24) is 9.88 Å². The standard InChI is InChI=1S/C15H23N3O3S/c1-4-6-7-8-17-9-10-18(15(17)20)14-16-11(3)12(22-14)13(19)21-5-2/h4-10H2,1-3H3. The highest BCUT2D eigenvalue weighted by Crippen LogP contribution is 2.29. The number of aromatic nitrogens is 1. The highest BCUT2D eigenvalue weighted by Gasteiger charge is 2.32. The van der Waals surface area contributed by atoms with E-state index in [0.717, 1.165) is 32.4 Å². The Labute approximate surface area is 135 Å². The molecule has 1 aliphatic rings. The average Bonchev–Trinajstić information content (AvgIpc) is 3.03. The van der Waals surface area contributed by atoms with E-state index in [0.29, 0.717) is 28.9 Å². The molecule has 1 aromatic heterocycles. The van der Waals surface area contributed by atoms with Crippen LogP contribution < -0.4 is 4.90 Å². The van der Waals surface area contributed by atoms with Gasteiger partial charge < -0.3 is 9.64 Å². The number of amides is 2. The fourth-order valence-electron chi connectivity index (χ4n) is 2.40. The van der Waals surface area contributed by atoms with Gasteiger partial charge in [-0.25, -0.2) is 14.6 Å². The molecule has 0 bridgehead atoms. The first-order chi connectivity index (χ1) is 10.6. The largest absolute Gasteiger partial charge is 0.462 e. The van der Waals surface area contributed by atoms with Crippen molar-refractivity contribution in [2.24, 2.45) is 0 Å². The maximum Gasteiger partial charge on any atom is 0.350 e. The highest BCUT2D eigenvalue weighted by atomic mass is 32.1. The van der Waals surface area contributed by atoms with Crippen LogP contribution in [0.4, 0.5) is 9.93 Å². The molecule has 0 saturated carbocycles. The van der Waals surface area contributed by atoms with Gasteiger partial charge in [0.15, 0.2) is 5.13 Å². The number of hydrogen-bond donors (Lipinski definition) is 0. The second kappa shape index (κ2) is 7.58. The van der Waals surface area contributed by atoms with Gasteiger partial charge in [-0.3, -0.25) is 4.90 Å². The van der Waals surface area contributed by atoms with Crippen molar-refractivity contribution in [1.29, 1.82) is 0 Å². The van der Waals surface area contributed by atoms with Gasteiger partial charge in [0.25, 0.3) is 0 Å². The third-order valence-corrected chi connectivity index (χ3v) is 4.76. The minimum atomic E-state index is -0.366. The molecule has 1 fully saturated rings. The summed E-state index contributed by atoms with van der Waals surface area (Å²) < 4.78 is 5.02. The molecule has 22 heavy (non-hydrogen) atoms. The van der Waals surface area contributed by atoms with Gasteiger partial charge in [-0.1, -0.05) is 31.1 Å². The Hall–Kier alpha value is -1.63. The number of esters is 1. The lowest BCUT2D eigenvalue weighted by Crippen LogP contribution is -2.32. The first-order valence-electron chi connectivity index (χ1n) is 7.79. The van der Waals surface area contributed by atoms with Gasteiger partial charge in [0, 0.05) is 19.6 Å². The number of aryl methyl sites for hydroxylation is 1. The molecule has 2 rings (SSSR count). The zero-order valence-electron chi connectivity index (χ0n) is 13.4. The van der Waals surface area contributed by atoms with Gasteiger partial charge in [-0.15, -0.1) is 0 Å². The number of nitrogens with zero attached hydrogens (tertiary/aromatic N) is 3. The minimum absolute atomic E-state index is 0.0136. The van der Waals surface area contributed by atoms with Crippen molar-refractivity contribution < 1.29 is 14.3 Å². The van der Waals surface area contributed by atoms with E-state index in [1.54, 1.807) is 18.7 Å². The van der Waals surface area contributed by atoms with E-state index in [1.165, 1.54) is 11.3 Å². The molecule has 7 heteroatoms. The van der Waals surface area contributed by atoms with Crippen LogP contribution >= 0.6 is 11.3 Å². The van der Waals surface area contributed by atoms with E-state index in [2.05, 4.69) is 11.9 Å². The predicted octanol–water partition coefficient (Wildman–Crippen LogP) is 3.06. The van der Waals surface area contributed by atoms with E-state index in [-0.39, 0.29) is 12.0 Å². The molecule has 1 aromatic rings. The van der Waals surface area contributed by atoms with Crippen molar-refractivity contribution in [2.45, 2.75) is 40.0 Å². The van der Waals surface area contributed by atoms with Crippen molar-refractivity contribution in [3.63, 3.8) is 0 Å². The van der Waals surface area contributed by atoms with Crippen LogP contribution in [0.15, 0.2) is 0 Å². The number of rotatable bonds is 7. The fraction of sp³-hybridized carbons (Fsp3) is 0.667. The van der Waals surface area contributed by atoms with Crippen LogP contribution in [0, 0.1) is 6.92 Å². The van der Waals surface area contributed by atoms with Gasteiger partial charge in [0.2, 0.25) is 0 Å². The van der Waals surface area contributed by atoms with E-state index in [9.17, 15) is 9.59 Å². The maximum atomic E-state index is 12.4. The van der Waals surface area contributed by atoms with Crippen LogP contribution in [0.1, 0.15) is 48.5 Å². The van der Waals surface area contributed by atoms with Crippen molar-refractivity contribution in [3.05, 3.63) is 10.6 Å². The van der Waals surface area contributed by atoms with Gasteiger partial charge in [0.1, 0.15) is 4.88 Å². The molecule has 2 heterocycles. The monoisotopic (exact) mass is 325 g/mol. The third kappa shape index (κ3) is 3.58. The summed E-state index contributed by atoms with van der Waals surface area (Å²) in [5.41, 5.74) is 0.621. The summed E-state index contributed by atoms with van der Waals surface area (Å²) in [5.74, 6) is -0.366. The Kier molecular flexibility index (Phi) is 5.76. The van der Waals surface area contributed by atoms with Gasteiger partial charge in [-0.05, 0) is 20.3 Å². The molecule has 1 aliphatic heterocycles. The van der Waals surface area contributed by atoms with Gasteiger partial charge in [0.05, 0.1) is 12.3 Å². The molecule has 1 saturated heterocycles. The fourth-order valence-corrected chi connectivity index (χ4v) is 3.38. The normalized spacial score (nSPS) is 14.8. The Bertz CT molecular complexity index is 544. The summed E-state index contributed by atoms with van der Waals surface area (Å²) in [7, 11) is 0. The van der Waals surface area contributed by atoms with Gasteiger partial charge >= 0.3 is 12.0 Å². The van der Waals surface area contributed by atoms with Crippen LogP contribution in [0.2, 0.25) is 0 Å². The number of hydrogen-bond acceptors (Lipinski definition) is 5. The van der Waals surface area contributed by atoms with Crippen molar-refractivity contribution in [3.8, 4) is 0 Å². The molecule has 2 amide bonds. The molecule has 0 radical (unpaired) electrons. The molecule has 0 aromatic carbocycles.